The zero-order valence-corrected chi connectivity index (χ0v) is 12.1. The standard InChI is InChI=1S/C17H18N2O2/c1-3-16(13-8-10-14(20)11-9-13)18-19-17(21)15-7-5-4-6-12(15)2/h3-11,18,20H,1-2H3,(H,19,21)/b16-3-. The molecule has 0 atom stereocenters. The van der Waals surface area contributed by atoms with Crippen molar-refractivity contribution in [1.29, 1.82) is 0 Å². The Hall–Kier alpha value is -2.75. The molecule has 0 aliphatic heterocycles. The second-order valence-corrected chi connectivity index (χ2v) is 4.64. The smallest absolute Gasteiger partial charge is 0.269 e. The van der Waals surface area contributed by atoms with Crippen LogP contribution in [0.15, 0.2) is 54.6 Å². The van der Waals surface area contributed by atoms with E-state index in [1.807, 2.05) is 38.1 Å². The summed E-state index contributed by atoms with van der Waals surface area (Å²) in [5, 5.41) is 9.30. The number of aromatic hydroxyl groups is 1. The fraction of sp³-hybridized carbons (Fsp3) is 0.118. The molecule has 108 valence electrons. The minimum Gasteiger partial charge on any atom is -0.508 e. The number of allylic oxidation sites excluding steroid dienone is 1. The molecule has 0 heterocycles. The van der Waals surface area contributed by atoms with Crippen LogP contribution in [0.3, 0.4) is 0 Å². The highest BCUT2D eigenvalue weighted by atomic mass is 16.3. The van der Waals surface area contributed by atoms with Gasteiger partial charge in [-0.25, -0.2) is 0 Å². The molecule has 0 saturated carbocycles. The molecule has 0 bridgehead atoms. The van der Waals surface area contributed by atoms with Gasteiger partial charge in [0.25, 0.3) is 5.91 Å². The number of amides is 1. The minimum absolute atomic E-state index is 0.189. The monoisotopic (exact) mass is 282 g/mol. The summed E-state index contributed by atoms with van der Waals surface area (Å²) in [5.41, 5.74) is 8.78. The number of rotatable bonds is 4. The summed E-state index contributed by atoms with van der Waals surface area (Å²) in [6, 6.07) is 14.2. The van der Waals surface area contributed by atoms with Crippen LogP contribution in [0.5, 0.6) is 5.75 Å². The first-order chi connectivity index (χ1) is 10.1. The Bertz CT molecular complexity index is 661. The highest BCUT2D eigenvalue weighted by Gasteiger charge is 2.08. The SMILES string of the molecule is C/C=C(\NNC(=O)c1ccccc1C)c1ccc(O)cc1. The summed E-state index contributed by atoms with van der Waals surface area (Å²) in [7, 11) is 0. The number of hydrazine groups is 1. The number of carbonyl (C=O) groups excluding carboxylic acids is 1. The van der Waals surface area contributed by atoms with E-state index < -0.39 is 0 Å². The molecule has 0 aliphatic carbocycles. The number of hydrogen-bond acceptors (Lipinski definition) is 3. The van der Waals surface area contributed by atoms with E-state index in [1.54, 1.807) is 30.3 Å². The first kappa shape index (κ1) is 14.7. The largest absolute Gasteiger partial charge is 0.508 e. The zero-order valence-electron chi connectivity index (χ0n) is 12.1. The van der Waals surface area contributed by atoms with Gasteiger partial charge in [0.05, 0.1) is 5.70 Å². The fourth-order valence-electron chi connectivity index (χ4n) is 1.97. The first-order valence-corrected chi connectivity index (χ1v) is 6.69. The molecule has 0 spiro atoms. The molecule has 0 radical (unpaired) electrons. The Balaban J connectivity index is 2.06. The van der Waals surface area contributed by atoms with Crippen molar-refractivity contribution < 1.29 is 9.90 Å². The Morgan fingerprint density at radius 3 is 2.33 bits per heavy atom. The predicted octanol–water partition coefficient (Wildman–Crippen LogP) is 3.00. The Labute approximate surface area is 124 Å². The van der Waals surface area contributed by atoms with E-state index in [-0.39, 0.29) is 11.7 Å². The second kappa shape index (κ2) is 6.61. The van der Waals surface area contributed by atoms with E-state index in [0.29, 0.717) is 5.56 Å². The van der Waals surface area contributed by atoms with Crippen molar-refractivity contribution >= 4 is 11.6 Å². The summed E-state index contributed by atoms with van der Waals surface area (Å²) in [6.45, 7) is 3.76. The molecule has 0 aliphatic rings. The van der Waals surface area contributed by atoms with E-state index in [9.17, 15) is 9.90 Å². The molecule has 21 heavy (non-hydrogen) atoms. The molecular weight excluding hydrogens is 264 g/mol. The van der Waals surface area contributed by atoms with E-state index in [0.717, 1.165) is 16.8 Å². The van der Waals surface area contributed by atoms with Gasteiger partial charge in [-0.05, 0) is 55.3 Å². The lowest BCUT2D eigenvalue weighted by molar-refractivity contribution is 0.0942. The van der Waals surface area contributed by atoms with Crippen molar-refractivity contribution in [1.82, 2.24) is 10.9 Å². The van der Waals surface area contributed by atoms with Gasteiger partial charge in [0.1, 0.15) is 5.75 Å². The number of aryl methyl sites for hydroxylation is 1. The molecule has 2 aromatic carbocycles. The highest BCUT2D eigenvalue weighted by Crippen LogP contribution is 2.15. The lowest BCUT2D eigenvalue weighted by Gasteiger charge is -2.13. The zero-order chi connectivity index (χ0) is 15.2. The summed E-state index contributed by atoms with van der Waals surface area (Å²) in [4.78, 5) is 12.1. The van der Waals surface area contributed by atoms with Gasteiger partial charge in [0.2, 0.25) is 0 Å². The lowest BCUT2D eigenvalue weighted by atomic mass is 10.1. The van der Waals surface area contributed by atoms with Crippen molar-refractivity contribution in [3.05, 3.63) is 71.3 Å². The van der Waals surface area contributed by atoms with Crippen molar-refractivity contribution in [2.45, 2.75) is 13.8 Å². The molecule has 4 heteroatoms. The van der Waals surface area contributed by atoms with Crippen LogP contribution in [0, 0.1) is 6.92 Å². The number of hydrogen-bond donors (Lipinski definition) is 3. The summed E-state index contributed by atoms with van der Waals surface area (Å²) >= 11 is 0. The number of benzene rings is 2. The van der Waals surface area contributed by atoms with Gasteiger partial charge >= 0.3 is 0 Å². The number of carbonyl (C=O) groups is 1. The van der Waals surface area contributed by atoms with Gasteiger partial charge in [-0.3, -0.25) is 15.6 Å². The van der Waals surface area contributed by atoms with Gasteiger partial charge in [0.15, 0.2) is 0 Å². The average molecular weight is 282 g/mol. The van der Waals surface area contributed by atoms with Crippen LogP contribution in [0.2, 0.25) is 0 Å². The fourth-order valence-corrected chi connectivity index (χ4v) is 1.97. The molecule has 1 amide bonds. The Morgan fingerprint density at radius 1 is 1.05 bits per heavy atom. The maximum atomic E-state index is 12.1. The average Bonchev–Trinajstić information content (AvgIpc) is 2.49. The van der Waals surface area contributed by atoms with Crippen LogP contribution in [0.25, 0.3) is 5.70 Å². The van der Waals surface area contributed by atoms with Crippen molar-refractivity contribution in [2.75, 3.05) is 0 Å². The number of phenolic OH excluding ortho intramolecular Hbond substituents is 1. The maximum Gasteiger partial charge on any atom is 0.269 e. The second-order valence-electron chi connectivity index (χ2n) is 4.64. The third-order valence-electron chi connectivity index (χ3n) is 3.17. The normalized spacial score (nSPS) is 11.0. The predicted molar refractivity (Wildman–Crippen MR) is 83.5 cm³/mol. The van der Waals surface area contributed by atoms with Crippen LogP contribution >= 0.6 is 0 Å². The van der Waals surface area contributed by atoms with E-state index >= 15 is 0 Å². The number of nitrogens with one attached hydrogen (secondary N) is 2. The summed E-state index contributed by atoms with van der Waals surface area (Å²) < 4.78 is 0. The molecule has 0 fully saturated rings. The third-order valence-corrected chi connectivity index (χ3v) is 3.17. The van der Waals surface area contributed by atoms with E-state index in [2.05, 4.69) is 10.9 Å². The molecule has 0 aromatic heterocycles. The Kier molecular flexibility index (Phi) is 4.61. The molecule has 2 rings (SSSR count). The summed E-state index contributed by atoms with van der Waals surface area (Å²) in [5.74, 6) is 0.0179. The Morgan fingerprint density at radius 2 is 1.71 bits per heavy atom. The van der Waals surface area contributed by atoms with Crippen molar-refractivity contribution in [3.63, 3.8) is 0 Å². The maximum absolute atomic E-state index is 12.1. The van der Waals surface area contributed by atoms with Gasteiger partial charge in [-0.1, -0.05) is 24.3 Å². The molecule has 2 aromatic rings. The van der Waals surface area contributed by atoms with Crippen LogP contribution in [-0.4, -0.2) is 11.0 Å². The van der Waals surface area contributed by atoms with Gasteiger partial charge in [0, 0.05) is 5.56 Å². The molecule has 0 saturated heterocycles. The van der Waals surface area contributed by atoms with Crippen LogP contribution in [-0.2, 0) is 0 Å². The van der Waals surface area contributed by atoms with Gasteiger partial charge in [-0.2, -0.15) is 0 Å². The molecule has 0 unspecified atom stereocenters. The highest BCUT2D eigenvalue weighted by molar-refractivity contribution is 5.95. The first-order valence-electron chi connectivity index (χ1n) is 6.69. The van der Waals surface area contributed by atoms with Gasteiger partial charge in [-0.15, -0.1) is 0 Å². The summed E-state index contributed by atoms with van der Waals surface area (Å²) in [6.07, 6.45) is 1.85. The molecule has 3 N–H and O–H groups in total. The lowest BCUT2D eigenvalue weighted by Crippen LogP contribution is -2.36. The van der Waals surface area contributed by atoms with Crippen LogP contribution in [0.1, 0.15) is 28.4 Å². The van der Waals surface area contributed by atoms with Crippen LogP contribution in [0.4, 0.5) is 0 Å². The minimum atomic E-state index is -0.189. The molecule has 4 nitrogen and oxygen atoms in total. The van der Waals surface area contributed by atoms with E-state index in [4.69, 9.17) is 0 Å². The van der Waals surface area contributed by atoms with Crippen molar-refractivity contribution in [3.8, 4) is 5.75 Å². The van der Waals surface area contributed by atoms with Crippen molar-refractivity contribution in [2.24, 2.45) is 0 Å². The molecular formula is C17H18N2O2. The number of phenols is 1. The quantitative estimate of drug-likeness (QED) is 0.755. The van der Waals surface area contributed by atoms with E-state index in [1.165, 1.54) is 0 Å². The topological polar surface area (TPSA) is 61.4 Å². The third kappa shape index (κ3) is 3.63. The van der Waals surface area contributed by atoms with Crippen LogP contribution < -0.4 is 10.9 Å². The van der Waals surface area contributed by atoms with Gasteiger partial charge < -0.3 is 5.11 Å².